The van der Waals surface area contributed by atoms with Crippen LogP contribution >= 0.6 is 0 Å². The summed E-state index contributed by atoms with van der Waals surface area (Å²) in [6.45, 7) is 16.8. The number of hydrogen-bond acceptors (Lipinski definition) is 0. The molecule has 6 rings (SSSR count). The highest BCUT2D eigenvalue weighted by atomic mass is 14.2. The van der Waals surface area contributed by atoms with Crippen molar-refractivity contribution in [1.29, 1.82) is 0 Å². The summed E-state index contributed by atoms with van der Waals surface area (Å²) in [7, 11) is 0. The summed E-state index contributed by atoms with van der Waals surface area (Å²) in [5.41, 5.74) is 13.4. The fourth-order valence-corrected chi connectivity index (χ4v) is 6.08. The van der Waals surface area contributed by atoms with Crippen LogP contribution in [0.5, 0.6) is 0 Å². The van der Waals surface area contributed by atoms with Gasteiger partial charge in [-0.1, -0.05) is 154 Å². The first-order valence-corrected chi connectivity index (χ1v) is 14.2. The molecule has 0 radical (unpaired) electrons. The van der Waals surface area contributed by atoms with E-state index < -0.39 is 0 Å². The minimum atomic E-state index is 1.05. The van der Waals surface area contributed by atoms with Crippen LogP contribution in [-0.4, -0.2) is 0 Å². The van der Waals surface area contributed by atoms with E-state index in [2.05, 4.69) is 148 Å². The Morgan fingerprint density at radius 2 is 0.833 bits per heavy atom. The van der Waals surface area contributed by atoms with Gasteiger partial charge in [0, 0.05) is 0 Å². The number of fused-ring (bicyclic) bond motifs is 1. The van der Waals surface area contributed by atoms with Gasteiger partial charge in [0.25, 0.3) is 0 Å². The Bertz CT molecular complexity index is 1910. The Hall–Kier alpha value is -5.46. The van der Waals surface area contributed by atoms with Crippen LogP contribution in [0.2, 0.25) is 0 Å². The molecule has 0 saturated carbocycles. The SMILES string of the molecule is C=Cc1cccc(-c2c(C=C)c(C=C)c(-c3cc(-c4ccccc4)cc(-c4ccccc4)c3)c3ccccc23)c1C=C. The van der Waals surface area contributed by atoms with Gasteiger partial charge in [0.05, 0.1) is 0 Å². The molecular formula is C42H32. The van der Waals surface area contributed by atoms with Crippen molar-refractivity contribution in [3.05, 3.63) is 170 Å². The minimum Gasteiger partial charge on any atom is -0.0984 e. The molecule has 0 amide bonds. The van der Waals surface area contributed by atoms with Crippen LogP contribution in [-0.2, 0) is 0 Å². The second kappa shape index (κ2) is 11.6. The topological polar surface area (TPSA) is 0 Å². The first kappa shape index (κ1) is 26.7. The van der Waals surface area contributed by atoms with Crippen LogP contribution < -0.4 is 0 Å². The lowest BCUT2D eigenvalue weighted by Gasteiger charge is -2.22. The molecule has 0 nitrogen and oxygen atoms in total. The van der Waals surface area contributed by atoms with Crippen LogP contribution in [0, 0.1) is 0 Å². The van der Waals surface area contributed by atoms with E-state index in [4.69, 9.17) is 0 Å². The fraction of sp³-hybridized carbons (Fsp3) is 0. The van der Waals surface area contributed by atoms with Crippen molar-refractivity contribution in [3.8, 4) is 44.5 Å². The molecule has 0 aliphatic carbocycles. The summed E-state index contributed by atoms with van der Waals surface area (Å²) in [5, 5.41) is 2.32. The maximum absolute atomic E-state index is 4.32. The number of benzene rings is 6. The second-order valence-corrected chi connectivity index (χ2v) is 10.3. The van der Waals surface area contributed by atoms with E-state index in [9.17, 15) is 0 Å². The van der Waals surface area contributed by atoms with Crippen molar-refractivity contribution in [3.63, 3.8) is 0 Å². The van der Waals surface area contributed by atoms with Crippen LogP contribution in [0.4, 0.5) is 0 Å². The van der Waals surface area contributed by atoms with Gasteiger partial charge in [0.2, 0.25) is 0 Å². The van der Waals surface area contributed by atoms with Crippen LogP contribution in [0.3, 0.4) is 0 Å². The van der Waals surface area contributed by atoms with E-state index >= 15 is 0 Å². The minimum absolute atomic E-state index is 1.05. The van der Waals surface area contributed by atoms with Gasteiger partial charge in [-0.05, 0) is 95.7 Å². The molecule has 200 valence electrons. The van der Waals surface area contributed by atoms with E-state index in [1.54, 1.807) is 0 Å². The molecule has 6 aromatic carbocycles. The van der Waals surface area contributed by atoms with Gasteiger partial charge in [0.1, 0.15) is 0 Å². The molecule has 0 spiro atoms. The van der Waals surface area contributed by atoms with E-state index in [0.29, 0.717) is 0 Å². The summed E-state index contributed by atoms with van der Waals surface area (Å²) < 4.78 is 0. The molecule has 6 aromatic rings. The smallest absolute Gasteiger partial charge is 0.00204 e. The number of rotatable bonds is 8. The van der Waals surface area contributed by atoms with Crippen molar-refractivity contribution in [2.45, 2.75) is 0 Å². The highest BCUT2D eigenvalue weighted by Gasteiger charge is 2.21. The average Bonchev–Trinajstić information content (AvgIpc) is 3.07. The van der Waals surface area contributed by atoms with Gasteiger partial charge in [-0.15, -0.1) is 0 Å². The quantitative estimate of drug-likeness (QED) is 0.181. The normalized spacial score (nSPS) is 10.8. The van der Waals surface area contributed by atoms with E-state index in [0.717, 1.165) is 55.3 Å². The third kappa shape index (κ3) is 4.64. The first-order chi connectivity index (χ1) is 20.7. The Labute approximate surface area is 249 Å². The highest BCUT2D eigenvalue weighted by Crippen LogP contribution is 2.46. The largest absolute Gasteiger partial charge is 0.0984 e. The predicted octanol–water partition coefficient (Wildman–Crippen LogP) is 12.1. The Morgan fingerprint density at radius 1 is 0.357 bits per heavy atom. The predicted molar refractivity (Wildman–Crippen MR) is 186 cm³/mol. The van der Waals surface area contributed by atoms with E-state index in [1.165, 1.54) is 22.3 Å². The Morgan fingerprint density at radius 3 is 1.36 bits per heavy atom. The maximum atomic E-state index is 4.32. The summed E-state index contributed by atoms with van der Waals surface area (Å²) in [6.07, 6.45) is 7.75. The van der Waals surface area contributed by atoms with Gasteiger partial charge in [-0.25, -0.2) is 0 Å². The molecule has 0 bridgehead atoms. The molecule has 0 atom stereocenters. The molecule has 0 aliphatic rings. The third-order valence-corrected chi connectivity index (χ3v) is 7.97. The zero-order valence-electron chi connectivity index (χ0n) is 23.7. The summed E-state index contributed by atoms with van der Waals surface area (Å²) in [4.78, 5) is 0. The second-order valence-electron chi connectivity index (χ2n) is 10.3. The van der Waals surface area contributed by atoms with E-state index in [1.807, 2.05) is 24.3 Å². The van der Waals surface area contributed by atoms with E-state index in [-0.39, 0.29) is 0 Å². The summed E-state index contributed by atoms with van der Waals surface area (Å²) >= 11 is 0. The van der Waals surface area contributed by atoms with Crippen molar-refractivity contribution in [1.82, 2.24) is 0 Å². The van der Waals surface area contributed by atoms with Crippen molar-refractivity contribution >= 4 is 35.1 Å². The molecule has 0 aliphatic heterocycles. The third-order valence-electron chi connectivity index (χ3n) is 7.97. The maximum Gasteiger partial charge on any atom is -0.00204 e. The summed E-state index contributed by atoms with van der Waals surface area (Å²) in [6, 6.07) is 43.0. The monoisotopic (exact) mass is 536 g/mol. The molecule has 42 heavy (non-hydrogen) atoms. The molecule has 0 aromatic heterocycles. The van der Waals surface area contributed by atoms with Gasteiger partial charge in [-0.3, -0.25) is 0 Å². The average molecular weight is 537 g/mol. The lowest BCUT2D eigenvalue weighted by atomic mass is 9.81. The molecular weight excluding hydrogens is 504 g/mol. The van der Waals surface area contributed by atoms with Gasteiger partial charge >= 0.3 is 0 Å². The molecule has 0 heterocycles. The lowest BCUT2D eigenvalue weighted by Crippen LogP contribution is -1.98. The highest BCUT2D eigenvalue weighted by molar-refractivity contribution is 6.13. The van der Waals surface area contributed by atoms with Crippen LogP contribution in [0.1, 0.15) is 22.3 Å². The molecule has 0 N–H and O–H groups in total. The van der Waals surface area contributed by atoms with Crippen LogP contribution in [0.25, 0.3) is 79.6 Å². The molecule has 0 unspecified atom stereocenters. The van der Waals surface area contributed by atoms with Crippen molar-refractivity contribution in [2.24, 2.45) is 0 Å². The van der Waals surface area contributed by atoms with Crippen molar-refractivity contribution in [2.75, 3.05) is 0 Å². The zero-order chi connectivity index (χ0) is 29.1. The zero-order valence-corrected chi connectivity index (χ0v) is 23.7. The number of hydrogen-bond donors (Lipinski definition) is 0. The van der Waals surface area contributed by atoms with Gasteiger partial charge in [0.15, 0.2) is 0 Å². The molecule has 0 fully saturated rings. The Balaban J connectivity index is 1.74. The van der Waals surface area contributed by atoms with Gasteiger partial charge < -0.3 is 0 Å². The van der Waals surface area contributed by atoms with Gasteiger partial charge in [-0.2, -0.15) is 0 Å². The molecule has 0 saturated heterocycles. The fourth-order valence-electron chi connectivity index (χ4n) is 6.08. The first-order valence-electron chi connectivity index (χ1n) is 14.2. The van der Waals surface area contributed by atoms with Crippen LogP contribution in [0.15, 0.2) is 148 Å². The summed E-state index contributed by atoms with van der Waals surface area (Å²) in [5.74, 6) is 0. The Kier molecular flexibility index (Phi) is 7.37. The standard InChI is InChI=1S/C42H32/c1-5-29-22-17-25-38(35(29)6-2)42-37(8-4)36(7-3)41(39-23-15-16-24-40(39)42)34-27-32(30-18-11-9-12-19-30)26-33(28-34)31-20-13-10-14-21-31/h5-28H,1-4H2. The molecule has 0 heteroatoms. The van der Waals surface area contributed by atoms with Crippen molar-refractivity contribution < 1.29 is 0 Å². The lowest BCUT2D eigenvalue weighted by molar-refractivity contribution is 1.54.